The smallest absolute Gasteiger partial charge is 0.269 e. The van der Waals surface area contributed by atoms with Gasteiger partial charge in [-0.1, -0.05) is 29.3 Å². The Morgan fingerprint density at radius 1 is 1.14 bits per heavy atom. The quantitative estimate of drug-likeness (QED) is 0.580. The number of carbonyl (C=O) groups is 1. The normalized spacial score (nSPS) is 9.95. The molecule has 22 heavy (non-hydrogen) atoms. The fourth-order valence-electron chi connectivity index (χ4n) is 1.63. The molecule has 2 aromatic rings. The van der Waals surface area contributed by atoms with Crippen LogP contribution in [-0.2, 0) is 0 Å². The summed E-state index contributed by atoms with van der Waals surface area (Å²) >= 11 is 10.7. The molecule has 0 aromatic heterocycles. The van der Waals surface area contributed by atoms with Gasteiger partial charge in [-0.2, -0.15) is 0 Å². The Balaban J connectivity index is 1.88. The van der Waals surface area contributed by atoms with Crippen LogP contribution in [0.5, 0.6) is 0 Å². The Labute approximate surface area is 137 Å². The second-order valence-corrected chi connectivity index (χ2v) is 5.34. The summed E-state index contributed by atoms with van der Waals surface area (Å²) < 4.78 is 13.0. The third kappa shape index (κ3) is 4.41. The van der Waals surface area contributed by atoms with Crippen molar-refractivity contribution in [3.05, 3.63) is 64.4 Å². The highest BCUT2D eigenvalue weighted by atomic mass is 35.5. The Bertz CT molecular complexity index is 706. The van der Waals surface area contributed by atoms with Crippen molar-refractivity contribution in [2.45, 2.75) is 6.92 Å². The molecule has 2 rings (SSSR count). The zero-order chi connectivity index (χ0) is 16.1. The summed E-state index contributed by atoms with van der Waals surface area (Å²) in [6, 6.07) is 11.2. The van der Waals surface area contributed by atoms with Gasteiger partial charge in [0, 0.05) is 11.3 Å². The highest BCUT2D eigenvalue weighted by molar-refractivity contribution is 7.80. The zero-order valence-corrected chi connectivity index (χ0v) is 13.2. The molecule has 3 N–H and O–H groups in total. The highest BCUT2D eigenvalue weighted by Gasteiger charge is 2.06. The van der Waals surface area contributed by atoms with Crippen LogP contribution in [0.25, 0.3) is 0 Å². The van der Waals surface area contributed by atoms with Crippen LogP contribution in [0.3, 0.4) is 0 Å². The van der Waals surface area contributed by atoms with E-state index < -0.39 is 5.82 Å². The lowest BCUT2D eigenvalue weighted by Crippen LogP contribution is -2.43. The summed E-state index contributed by atoms with van der Waals surface area (Å²) in [7, 11) is 0. The van der Waals surface area contributed by atoms with E-state index in [1.807, 2.05) is 19.1 Å². The minimum atomic E-state index is -0.515. The molecule has 0 spiro atoms. The van der Waals surface area contributed by atoms with Gasteiger partial charge in [-0.15, -0.1) is 0 Å². The van der Waals surface area contributed by atoms with E-state index in [-0.39, 0.29) is 16.0 Å². The minimum Gasteiger partial charge on any atom is -0.331 e. The van der Waals surface area contributed by atoms with Crippen LogP contribution in [-0.4, -0.2) is 11.0 Å². The standard InChI is InChI=1S/C15H13ClFN3OS/c1-9-2-4-10(5-3-9)14(21)19-20-15(22)18-11-6-7-13(17)12(16)8-11/h2-8H,1H3,(H,19,21)(H2,18,20,22). The highest BCUT2D eigenvalue weighted by Crippen LogP contribution is 2.19. The summed E-state index contributed by atoms with van der Waals surface area (Å²) in [5.41, 5.74) is 7.10. The maximum absolute atomic E-state index is 13.0. The van der Waals surface area contributed by atoms with E-state index in [1.165, 1.54) is 18.2 Å². The van der Waals surface area contributed by atoms with Crippen molar-refractivity contribution >= 4 is 40.5 Å². The van der Waals surface area contributed by atoms with Crippen LogP contribution in [0, 0.1) is 12.7 Å². The van der Waals surface area contributed by atoms with Crippen molar-refractivity contribution in [2.75, 3.05) is 5.32 Å². The van der Waals surface area contributed by atoms with E-state index in [0.29, 0.717) is 11.3 Å². The molecule has 0 atom stereocenters. The number of anilines is 1. The fraction of sp³-hybridized carbons (Fsp3) is 0.0667. The van der Waals surface area contributed by atoms with E-state index in [2.05, 4.69) is 16.2 Å². The third-order valence-corrected chi connectivity index (χ3v) is 3.27. The first-order valence-corrected chi connectivity index (χ1v) is 7.13. The number of hydrogen-bond acceptors (Lipinski definition) is 2. The number of rotatable bonds is 2. The van der Waals surface area contributed by atoms with Gasteiger partial charge < -0.3 is 5.32 Å². The lowest BCUT2D eigenvalue weighted by molar-refractivity contribution is 0.0944. The van der Waals surface area contributed by atoms with Crippen LogP contribution in [0.15, 0.2) is 42.5 Å². The van der Waals surface area contributed by atoms with E-state index in [4.69, 9.17) is 23.8 Å². The summed E-state index contributed by atoms with van der Waals surface area (Å²) in [6.45, 7) is 1.94. The second-order valence-electron chi connectivity index (χ2n) is 4.53. The molecule has 0 saturated heterocycles. The molecule has 1 amide bonds. The number of carbonyl (C=O) groups excluding carboxylic acids is 1. The molecule has 0 saturated carbocycles. The number of amides is 1. The molecule has 0 heterocycles. The van der Waals surface area contributed by atoms with E-state index in [9.17, 15) is 9.18 Å². The van der Waals surface area contributed by atoms with Gasteiger partial charge in [0.05, 0.1) is 5.02 Å². The van der Waals surface area contributed by atoms with Gasteiger partial charge in [0.15, 0.2) is 5.11 Å². The number of nitrogens with one attached hydrogen (secondary N) is 3. The van der Waals surface area contributed by atoms with Crippen molar-refractivity contribution in [1.82, 2.24) is 10.9 Å². The van der Waals surface area contributed by atoms with Gasteiger partial charge in [0.25, 0.3) is 5.91 Å². The van der Waals surface area contributed by atoms with Gasteiger partial charge >= 0.3 is 0 Å². The maximum Gasteiger partial charge on any atom is 0.269 e. The number of hydrogen-bond donors (Lipinski definition) is 3. The topological polar surface area (TPSA) is 53.2 Å². The molecular weight excluding hydrogens is 325 g/mol. The number of hydrazine groups is 1. The van der Waals surface area contributed by atoms with Crippen LogP contribution >= 0.6 is 23.8 Å². The average Bonchev–Trinajstić information content (AvgIpc) is 2.49. The first-order valence-electron chi connectivity index (χ1n) is 6.35. The lowest BCUT2D eigenvalue weighted by atomic mass is 10.1. The van der Waals surface area contributed by atoms with Crippen molar-refractivity contribution in [2.24, 2.45) is 0 Å². The average molecular weight is 338 g/mol. The monoisotopic (exact) mass is 337 g/mol. The van der Waals surface area contributed by atoms with Gasteiger partial charge in [0.2, 0.25) is 0 Å². The molecule has 0 radical (unpaired) electrons. The van der Waals surface area contributed by atoms with Crippen LogP contribution < -0.4 is 16.2 Å². The Kier molecular flexibility index (Phi) is 5.30. The summed E-state index contributed by atoms with van der Waals surface area (Å²) in [6.07, 6.45) is 0. The largest absolute Gasteiger partial charge is 0.331 e. The van der Waals surface area contributed by atoms with E-state index in [1.54, 1.807) is 12.1 Å². The van der Waals surface area contributed by atoms with Gasteiger partial charge in [-0.25, -0.2) is 4.39 Å². The Hall–Kier alpha value is -2.18. The number of thiocarbonyl (C=S) groups is 1. The second kappa shape index (κ2) is 7.20. The summed E-state index contributed by atoms with van der Waals surface area (Å²) in [5, 5.41) is 2.92. The number of benzene rings is 2. The van der Waals surface area contributed by atoms with E-state index >= 15 is 0 Å². The molecule has 0 aliphatic carbocycles. The molecule has 2 aromatic carbocycles. The predicted octanol–water partition coefficient (Wildman–Crippen LogP) is 3.42. The van der Waals surface area contributed by atoms with Crippen LogP contribution in [0.4, 0.5) is 10.1 Å². The fourth-order valence-corrected chi connectivity index (χ4v) is 1.98. The SMILES string of the molecule is Cc1ccc(C(=O)NNC(=S)Nc2ccc(F)c(Cl)c2)cc1. The van der Waals surface area contributed by atoms with Crippen molar-refractivity contribution in [1.29, 1.82) is 0 Å². The molecule has 7 heteroatoms. The maximum atomic E-state index is 13.0. The van der Waals surface area contributed by atoms with Crippen LogP contribution in [0.2, 0.25) is 5.02 Å². The van der Waals surface area contributed by atoms with Crippen molar-refractivity contribution < 1.29 is 9.18 Å². The number of aryl methyl sites for hydroxylation is 1. The third-order valence-electron chi connectivity index (χ3n) is 2.78. The molecule has 0 unspecified atom stereocenters. The molecule has 0 aliphatic rings. The Morgan fingerprint density at radius 3 is 2.45 bits per heavy atom. The molecule has 0 aliphatic heterocycles. The summed E-state index contributed by atoms with van der Waals surface area (Å²) in [4.78, 5) is 11.9. The Morgan fingerprint density at radius 2 is 1.82 bits per heavy atom. The first-order chi connectivity index (χ1) is 10.5. The summed E-state index contributed by atoms with van der Waals surface area (Å²) in [5.74, 6) is -0.833. The lowest BCUT2D eigenvalue weighted by Gasteiger charge is -2.12. The van der Waals surface area contributed by atoms with Crippen LogP contribution in [0.1, 0.15) is 15.9 Å². The van der Waals surface area contributed by atoms with Gasteiger partial charge in [-0.3, -0.25) is 15.6 Å². The van der Waals surface area contributed by atoms with Gasteiger partial charge in [-0.05, 0) is 49.5 Å². The molecular formula is C15H13ClFN3OS. The van der Waals surface area contributed by atoms with Crippen molar-refractivity contribution in [3.8, 4) is 0 Å². The minimum absolute atomic E-state index is 0.0171. The molecule has 0 fully saturated rings. The predicted molar refractivity (Wildman–Crippen MR) is 89.4 cm³/mol. The first kappa shape index (κ1) is 16.2. The molecule has 4 nitrogen and oxygen atoms in total. The zero-order valence-electron chi connectivity index (χ0n) is 11.6. The molecule has 0 bridgehead atoms. The van der Waals surface area contributed by atoms with E-state index in [0.717, 1.165) is 5.56 Å². The molecule has 114 valence electrons. The van der Waals surface area contributed by atoms with Crippen molar-refractivity contribution in [3.63, 3.8) is 0 Å². The van der Waals surface area contributed by atoms with Gasteiger partial charge in [0.1, 0.15) is 5.82 Å². The number of halogens is 2.